The zero-order chi connectivity index (χ0) is 17.2. The SMILES string of the molecule is Cc1ccc(-c2ccc(SNc3cccc4cnn(C)c34)cn2)cn1. The number of pyridine rings is 2. The first-order valence-corrected chi connectivity index (χ1v) is 8.75. The van der Waals surface area contributed by atoms with Gasteiger partial charge in [0, 0.05) is 41.0 Å². The van der Waals surface area contributed by atoms with Crippen LogP contribution < -0.4 is 4.72 Å². The second-order valence-corrected chi connectivity index (χ2v) is 6.66. The third-order valence-corrected chi connectivity index (χ3v) is 4.78. The molecule has 3 aromatic heterocycles. The van der Waals surface area contributed by atoms with Crippen molar-refractivity contribution in [2.75, 3.05) is 4.72 Å². The summed E-state index contributed by atoms with van der Waals surface area (Å²) in [6, 6.07) is 14.2. The zero-order valence-corrected chi connectivity index (χ0v) is 14.8. The van der Waals surface area contributed by atoms with Crippen LogP contribution in [0.5, 0.6) is 0 Å². The van der Waals surface area contributed by atoms with Crippen molar-refractivity contribution in [1.82, 2.24) is 19.7 Å². The van der Waals surface area contributed by atoms with Crippen molar-refractivity contribution in [3.05, 3.63) is 66.7 Å². The highest BCUT2D eigenvalue weighted by Crippen LogP contribution is 2.28. The van der Waals surface area contributed by atoms with Crippen LogP contribution in [0.25, 0.3) is 22.2 Å². The Morgan fingerprint density at radius 1 is 0.960 bits per heavy atom. The second kappa shape index (κ2) is 6.57. The van der Waals surface area contributed by atoms with Gasteiger partial charge in [0.25, 0.3) is 0 Å². The van der Waals surface area contributed by atoms with E-state index < -0.39 is 0 Å². The molecule has 0 saturated heterocycles. The van der Waals surface area contributed by atoms with Crippen molar-refractivity contribution in [3.63, 3.8) is 0 Å². The predicted molar refractivity (Wildman–Crippen MR) is 102 cm³/mol. The highest BCUT2D eigenvalue weighted by Gasteiger charge is 2.06. The maximum Gasteiger partial charge on any atom is 0.0918 e. The molecule has 0 atom stereocenters. The number of benzene rings is 1. The van der Waals surface area contributed by atoms with Gasteiger partial charge in [0.05, 0.1) is 23.1 Å². The molecule has 4 aromatic rings. The number of fused-ring (bicyclic) bond motifs is 1. The third kappa shape index (κ3) is 3.21. The van der Waals surface area contributed by atoms with E-state index in [-0.39, 0.29) is 0 Å². The van der Waals surface area contributed by atoms with Crippen LogP contribution in [0, 0.1) is 6.92 Å². The number of aromatic nitrogens is 4. The van der Waals surface area contributed by atoms with E-state index in [0.717, 1.165) is 38.4 Å². The highest BCUT2D eigenvalue weighted by atomic mass is 32.2. The molecule has 0 amide bonds. The molecule has 124 valence electrons. The smallest absolute Gasteiger partial charge is 0.0918 e. The van der Waals surface area contributed by atoms with Crippen molar-refractivity contribution in [3.8, 4) is 11.3 Å². The Balaban J connectivity index is 1.51. The fourth-order valence-electron chi connectivity index (χ4n) is 2.66. The van der Waals surface area contributed by atoms with E-state index in [1.807, 2.05) is 61.5 Å². The minimum atomic E-state index is 0.922. The number of anilines is 1. The zero-order valence-electron chi connectivity index (χ0n) is 14.0. The summed E-state index contributed by atoms with van der Waals surface area (Å²) >= 11 is 1.54. The van der Waals surface area contributed by atoms with Crippen molar-refractivity contribution in [1.29, 1.82) is 0 Å². The van der Waals surface area contributed by atoms with Crippen LogP contribution >= 0.6 is 11.9 Å². The molecule has 0 aliphatic heterocycles. The Bertz CT molecular complexity index is 1010. The molecule has 1 N–H and O–H groups in total. The maximum atomic E-state index is 4.54. The van der Waals surface area contributed by atoms with Crippen LogP contribution in [0.15, 0.2) is 66.0 Å². The maximum absolute atomic E-state index is 4.54. The van der Waals surface area contributed by atoms with E-state index >= 15 is 0 Å². The summed E-state index contributed by atoms with van der Waals surface area (Å²) in [5.74, 6) is 0. The lowest BCUT2D eigenvalue weighted by atomic mass is 10.2. The van der Waals surface area contributed by atoms with Crippen LogP contribution in [0.3, 0.4) is 0 Å². The van der Waals surface area contributed by atoms with Crippen LogP contribution in [0.1, 0.15) is 5.69 Å². The minimum absolute atomic E-state index is 0.922. The van der Waals surface area contributed by atoms with Crippen molar-refractivity contribution >= 4 is 28.5 Å². The normalized spacial score (nSPS) is 11.0. The number of aryl methyl sites for hydroxylation is 2. The summed E-state index contributed by atoms with van der Waals surface area (Å²) in [7, 11) is 1.95. The minimum Gasteiger partial charge on any atom is -0.324 e. The number of nitrogens with zero attached hydrogens (tertiary/aromatic N) is 4. The first kappa shape index (κ1) is 15.7. The number of nitrogens with one attached hydrogen (secondary N) is 1. The molecule has 0 spiro atoms. The predicted octanol–water partition coefficient (Wildman–Crippen LogP) is 4.46. The fourth-order valence-corrected chi connectivity index (χ4v) is 3.29. The summed E-state index contributed by atoms with van der Waals surface area (Å²) in [5, 5.41) is 5.43. The van der Waals surface area contributed by atoms with Crippen molar-refractivity contribution in [2.45, 2.75) is 11.8 Å². The van der Waals surface area contributed by atoms with E-state index in [2.05, 4.69) is 38.0 Å². The lowest BCUT2D eigenvalue weighted by Crippen LogP contribution is -1.94. The summed E-state index contributed by atoms with van der Waals surface area (Å²) < 4.78 is 5.28. The molecule has 6 heteroatoms. The molecule has 0 aliphatic rings. The molecule has 25 heavy (non-hydrogen) atoms. The Morgan fingerprint density at radius 2 is 1.88 bits per heavy atom. The molecule has 3 heterocycles. The van der Waals surface area contributed by atoms with E-state index in [1.54, 1.807) is 0 Å². The van der Waals surface area contributed by atoms with Gasteiger partial charge in [-0.25, -0.2) is 0 Å². The summed E-state index contributed by atoms with van der Waals surface area (Å²) in [5.41, 5.74) is 5.07. The van der Waals surface area contributed by atoms with Gasteiger partial charge < -0.3 is 4.72 Å². The standard InChI is InChI=1S/C19H17N5S/c1-13-6-7-14(10-20-13)17-9-8-16(12-21-17)25-23-18-5-3-4-15-11-22-24(2)19(15)18/h3-12,23H,1-2H3. The van der Waals surface area contributed by atoms with Gasteiger partial charge in [0.15, 0.2) is 0 Å². The Morgan fingerprint density at radius 3 is 2.64 bits per heavy atom. The lowest BCUT2D eigenvalue weighted by Gasteiger charge is -2.08. The van der Waals surface area contributed by atoms with Crippen LogP contribution in [-0.2, 0) is 7.05 Å². The molecule has 4 rings (SSSR count). The van der Waals surface area contributed by atoms with Gasteiger partial charge in [0.1, 0.15) is 0 Å². The molecule has 0 radical (unpaired) electrons. The average molecular weight is 347 g/mol. The first-order valence-electron chi connectivity index (χ1n) is 7.93. The van der Waals surface area contributed by atoms with Gasteiger partial charge in [-0.05, 0) is 49.2 Å². The quantitative estimate of drug-likeness (QED) is 0.553. The van der Waals surface area contributed by atoms with Crippen LogP contribution in [-0.4, -0.2) is 19.7 Å². The van der Waals surface area contributed by atoms with Gasteiger partial charge in [-0.1, -0.05) is 12.1 Å². The van der Waals surface area contributed by atoms with Gasteiger partial charge in [0.2, 0.25) is 0 Å². The molecule has 0 aliphatic carbocycles. The monoisotopic (exact) mass is 347 g/mol. The Hall–Kier alpha value is -2.86. The number of hydrogen-bond acceptors (Lipinski definition) is 5. The topological polar surface area (TPSA) is 55.6 Å². The van der Waals surface area contributed by atoms with Gasteiger partial charge >= 0.3 is 0 Å². The van der Waals surface area contributed by atoms with Gasteiger partial charge in [-0.15, -0.1) is 0 Å². The van der Waals surface area contributed by atoms with E-state index in [1.165, 1.54) is 11.9 Å². The van der Waals surface area contributed by atoms with Crippen LogP contribution in [0.4, 0.5) is 5.69 Å². The molecular formula is C19H17N5S. The number of hydrogen-bond donors (Lipinski definition) is 1. The molecule has 0 saturated carbocycles. The van der Waals surface area contributed by atoms with Crippen LogP contribution in [0.2, 0.25) is 0 Å². The van der Waals surface area contributed by atoms with E-state index in [9.17, 15) is 0 Å². The van der Waals surface area contributed by atoms with E-state index in [0.29, 0.717) is 0 Å². The molecule has 0 unspecified atom stereocenters. The van der Waals surface area contributed by atoms with Gasteiger partial charge in [-0.2, -0.15) is 5.10 Å². The fraction of sp³-hybridized carbons (Fsp3) is 0.105. The first-order chi connectivity index (χ1) is 12.2. The number of rotatable bonds is 4. The molecule has 5 nitrogen and oxygen atoms in total. The Kier molecular flexibility index (Phi) is 4.11. The molecule has 1 aromatic carbocycles. The summed E-state index contributed by atoms with van der Waals surface area (Å²) in [6.45, 7) is 1.98. The highest BCUT2D eigenvalue weighted by molar-refractivity contribution is 8.00. The lowest BCUT2D eigenvalue weighted by molar-refractivity contribution is 0.798. The van der Waals surface area contributed by atoms with Gasteiger partial charge in [-0.3, -0.25) is 14.6 Å². The second-order valence-electron chi connectivity index (χ2n) is 5.78. The van der Waals surface area contributed by atoms with E-state index in [4.69, 9.17) is 0 Å². The molecular weight excluding hydrogens is 330 g/mol. The average Bonchev–Trinajstić information content (AvgIpc) is 3.03. The summed E-state index contributed by atoms with van der Waals surface area (Å²) in [6.07, 6.45) is 5.60. The molecule has 0 fully saturated rings. The largest absolute Gasteiger partial charge is 0.324 e. The van der Waals surface area contributed by atoms with Crippen molar-refractivity contribution in [2.24, 2.45) is 7.05 Å². The van der Waals surface area contributed by atoms with Crippen molar-refractivity contribution < 1.29 is 0 Å². The third-order valence-electron chi connectivity index (χ3n) is 3.98. The Labute approximate surface area is 150 Å². The summed E-state index contributed by atoms with van der Waals surface area (Å²) in [4.78, 5) is 9.91. The number of para-hydroxylation sites is 1. The molecule has 0 bridgehead atoms.